The summed E-state index contributed by atoms with van der Waals surface area (Å²) in [5.41, 5.74) is -0.0310. The smallest absolute Gasteiger partial charge is 0.317 e. The van der Waals surface area contributed by atoms with Crippen molar-refractivity contribution in [3.63, 3.8) is 0 Å². The normalized spacial score (nSPS) is 38.9. The van der Waals surface area contributed by atoms with E-state index in [1.807, 2.05) is 4.90 Å². The number of hydrogen-bond acceptors (Lipinski definition) is 3. The molecule has 174 valence electrons. The maximum atomic E-state index is 13.6. The number of nitrogens with one attached hydrogen (secondary N) is 2. The average Bonchev–Trinajstić information content (AvgIpc) is 2.64. The third-order valence-electron chi connectivity index (χ3n) is 8.86. The second kappa shape index (κ2) is 7.36. The van der Waals surface area contributed by atoms with Crippen LogP contribution in [-0.2, 0) is 4.79 Å². The molecule has 0 radical (unpaired) electrons. The summed E-state index contributed by atoms with van der Waals surface area (Å²) in [6.45, 7) is 11.5. The van der Waals surface area contributed by atoms with Crippen LogP contribution in [0, 0.1) is 23.2 Å². The molecule has 6 rings (SSSR count). The van der Waals surface area contributed by atoms with Crippen LogP contribution in [0.25, 0.3) is 0 Å². The van der Waals surface area contributed by atoms with Crippen molar-refractivity contribution < 1.29 is 9.59 Å². The quantitative estimate of drug-likeness (QED) is 0.706. The number of carbonyl (C=O) groups is 2. The van der Waals surface area contributed by atoms with E-state index in [1.54, 1.807) is 0 Å². The van der Waals surface area contributed by atoms with Gasteiger partial charge in [-0.3, -0.25) is 4.79 Å². The van der Waals surface area contributed by atoms with E-state index in [4.69, 9.17) is 0 Å². The zero-order valence-corrected chi connectivity index (χ0v) is 20.0. The van der Waals surface area contributed by atoms with Crippen molar-refractivity contribution in [2.45, 2.75) is 96.2 Å². The van der Waals surface area contributed by atoms with E-state index in [-0.39, 0.29) is 28.6 Å². The first-order valence-electron chi connectivity index (χ1n) is 12.7. The number of rotatable bonds is 2. The van der Waals surface area contributed by atoms with Gasteiger partial charge < -0.3 is 20.4 Å². The lowest BCUT2D eigenvalue weighted by Gasteiger charge is -2.57. The molecule has 0 aromatic rings. The first kappa shape index (κ1) is 21.5. The van der Waals surface area contributed by atoms with Crippen LogP contribution in [0.15, 0.2) is 0 Å². The Hall–Kier alpha value is -1.30. The van der Waals surface area contributed by atoms with Crippen molar-refractivity contribution in [1.82, 2.24) is 20.4 Å². The lowest BCUT2D eigenvalue weighted by molar-refractivity contribution is -0.159. The standard InChI is InChI=1S/C25H42N4O2/c1-23(2)15-20(16-24(3,4)27-23)26-22(31)29-7-5-28(6-8-29)21(30)25-12-17-9-18(13-25)11-19(10-17)14-25/h17-20,27H,5-16H2,1-4H3,(H,26,31). The van der Waals surface area contributed by atoms with E-state index >= 15 is 0 Å². The van der Waals surface area contributed by atoms with Crippen LogP contribution in [0.1, 0.15) is 79.1 Å². The molecule has 31 heavy (non-hydrogen) atoms. The van der Waals surface area contributed by atoms with Crippen molar-refractivity contribution in [1.29, 1.82) is 0 Å². The minimum absolute atomic E-state index is 0.0165. The highest BCUT2D eigenvalue weighted by molar-refractivity contribution is 5.84. The summed E-state index contributed by atoms with van der Waals surface area (Å²) < 4.78 is 0. The van der Waals surface area contributed by atoms with Crippen LogP contribution in [0.2, 0.25) is 0 Å². The summed E-state index contributed by atoms with van der Waals surface area (Å²) in [6.07, 6.45) is 9.35. The number of nitrogens with zero attached hydrogens (tertiary/aromatic N) is 2. The number of piperidine rings is 1. The van der Waals surface area contributed by atoms with Crippen LogP contribution in [-0.4, -0.2) is 65.0 Å². The third kappa shape index (κ3) is 4.21. The van der Waals surface area contributed by atoms with Crippen molar-refractivity contribution in [2.75, 3.05) is 26.2 Å². The lowest BCUT2D eigenvalue weighted by atomic mass is 9.49. The molecule has 0 spiro atoms. The first-order valence-corrected chi connectivity index (χ1v) is 12.7. The molecule has 6 heteroatoms. The molecule has 4 aliphatic carbocycles. The third-order valence-corrected chi connectivity index (χ3v) is 8.86. The summed E-state index contributed by atoms with van der Waals surface area (Å²) >= 11 is 0. The Kier molecular flexibility index (Phi) is 5.11. The molecule has 2 heterocycles. The number of hydrogen-bond donors (Lipinski definition) is 2. The SMILES string of the molecule is CC1(C)CC(NC(=O)N2CCN(C(=O)C34CC5CC(CC(C5)C3)C4)CC2)CC(C)(C)N1. The molecule has 4 bridgehead atoms. The van der Waals surface area contributed by atoms with Gasteiger partial charge in [0.2, 0.25) is 5.91 Å². The Balaban J connectivity index is 1.15. The number of carbonyl (C=O) groups excluding carboxylic acids is 2. The zero-order valence-electron chi connectivity index (χ0n) is 20.0. The van der Waals surface area contributed by atoms with Gasteiger partial charge >= 0.3 is 6.03 Å². The molecule has 6 nitrogen and oxygen atoms in total. The van der Waals surface area contributed by atoms with Crippen molar-refractivity contribution in [3.8, 4) is 0 Å². The number of piperazine rings is 1. The van der Waals surface area contributed by atoms with Gasteiger partial charge in [-0.1, -0.05) is 0 Å². The van der Waals surface area contributed by atoms with Crippen LogP contribution >= 0.6 is 0 Å². The Morgan fingerprint density at radius 3 is 1.68 bits per heavy atom. The van der Waals surface area contributed by atoms with Gasteiger partial charge in [0.1, 0.15) is 0 Å². The minimum Gasteiger partial charge on any atom is -0.339 e. The van der Waals surface area contributed by atoms with Gasteiger partial charge in [0, 0.05) is 43.3 Å². The van der Waals surface area contributed by atoms with E-state index in [0.717, 1.165) is 49.9 Å². The van der Waals surface area contributed by atoms with Crippen LogP contribution in [0.5, 0.6) is 0 Å². The lowest BCUT2D eigenvalue weighted by Crippen LogP contribution is -2.64. The van der Waals surface area contributed by atoms with Crippen molar-refractivity contribution in [3.05, 3.63) is 0 Å². The molecular formula is C25H42N4O2. The van der Waals surface area contributed by atoms with Gasteiger partial charge in [-0.05, 0) is 96.8 Å². The second-order valence-corrected chi connectivity index (χ2v) is 12.9. The molecule has 2 N–H and O–H groups in total. The Morgan fingerprint density at radius 2 is 1.19 bits per heavy atom. The highest BCUT2D eigenvalue weighted by atomic mass is 16.2. The average molecular weight is 431 g/mol. The number of urea groups is 1. The maximum Gasteiger partial charge on any atom is 0.317 e. The molecule has 0 atom stereocenters. The molecular weight excluding hydrogens is 388 g/mol. The van der Waals surface area contributed by atoms with Gasteiger partial charge in [-0.25, -0.2) is 4.79 Å². The first-order chi connectivity index (χ1) is 14.5. The largest absolute Gasteiger partial charge is 0.339 e. The highest BCUT2D eigenvalue weighted by Crippen LogP contribution is 2.60. The van der Waals surface area contributed by atoms with Crippen LogP contribution < -0.4 is 10.6 Å². The molecule has 0 aromatic heterocycles. The maximum absolute atomic E-state index is 13.6. The van der Waals surface area contributed by atoms with E-state index < -0.39 is 0 Å². The fraction of sp³-hybridized carbons (Fsp3) is 0.920. The Labute approximate surface area is 187 Å². The zero-order chi connectivity index (χ0) is 22.0. The minimum atomic E-state index is -0.0640. The van der Waals surface area contributed by atoms with Crippen LogP contribution in [0.3, 0.4) is 0 Å². The van der Waals surface area contributed by atoms with Crippen molar-refractivity contribution in [2.24, 2.45) is 23.2 Å². The summed E-state index contributed by atoms with van der Waals surface area (Å²) in [4.78, 5) is 30.6. The topological polar surface area (TPSA) is 64.7 Å². The van der Waals surface area contributed by atoms with Gasteiger partial charge in [0.15, 0.2) is 0 Å². The molecule has 2 saturated heterocycles. The predicted octanol–water partition coefficient (Wildman–Crippen LogP) is 3.37. The molecule has 0 aromatic carbocycles. The van der Waals surface area contributed by atoms with E-state index in [1.165, 1.54) is 19.3 Å². The summed E-state index contributed by atoms with van der Waals surface area (Å²) in [6, 6.07) is 0.228. The van der Waals surface area contributed by atoms with Gasteiger partial charge in [0.05, 0.1) is 5.41 Å². The number of amides is 3. The molecule has 6 aliphatic rings. The van der Waals surface area contributed by atoms with E-state index in [0.29, 0.717) is 32.1 Å². The summed E-state index contributed by atoms with van der Waals surface area (Å²) in [5.74, 6) is 2.79. The second-order valence-electron chi connectivity index (χ2n) is 12.9. The molecule has 2 aliphatic heterocycles. The van der Waals surface area contributed by atoms with Gasteiger partial charge in [-0.15, -0.1) is 0 Å². The predicted molar refractivity (Wildman–Crippen MR) is 122 cm³/mol. The highest BCUT2D eigenvalue weighted by Gasteiger charge is 2.55. The van der Waals surface area contributed by atoms with E-state index in [9.17, 15) is 9.59 Å². The van der Waals surface area contributed by atoms with Gasteiger partial charge in [-0.2, -0.15) is 0 Å². The Bertz CT molecular complexity index is 687. The van der Waals surface area contributed by atoms with E-state index in [2.05, 4.69) is 43.2 Å². The molecule has 0 unspecified atom stereocenters. The molecule has 4 saturated carbocycles. The Morgan fingerprint density at radius 1 is 0.742 bits per heavy atom. The fourth-order valence-corrected chi connectivity index (χ4v) is 8.51. The fourth-order valence-electron chi connectivity index (χ4n) is 8.51. The summed E-state index contributed by atoms with van der Waals surface area (Å²) in [5, 5.41) is 6.97. The summed E-state index contributed by atoms with van der Waals surface area (Å²) in [7, 11) is 0. The molecule has 3 amide bonds. The van der Waals surface area contributed by atoms with Crippen LogP contribution in [0.4, 0.5) is 4.79 Å². The van der Waals surface area contributed by atoms with Crippen molar-refractivity contribution >= 4 is 11.9 Å². The van der Waals surface area contributed by atoms with Gasteiger partial charge in [0.25, 0.3) is 0 Å². The molecule has 6 fully saturated rings. The monoisotopic (exact) mass is 430 g/mol.